The van der Waals surface area contributed by atoms with E-state index in [1.165, 1.54) is 0 Å². The largest absolute Gasteiger partial charge is 0.388 e. The number of aliphatic hydroxyl groups excluding tert-OH is 1. The van der Waals surface area contributed by atoms with E-state index in [9.17, 15) is 14.7 Å². The summed E-state index contributed by atoms with van der Waals surface area (Å²) in [5, 5.41) is 12.0. The van der Waals surface area contributed by atoms with Gasteiger partial charge < -0.3 is 24.1 Å². The zero-order valence-corrected chi connectivity index (χ0v) is 22.8. The number of imide groups is 1. The lowest BCUT2D eigenvalue weighted by molar-refractivity contribution is -0.288. The number of halogens is 1. The van der Waals surface area contributed by atoms with Gasteiger partial charge in [0.05, 0.1) is 37.6 Å². The van der Waals surface area contributed by atoms with Crippen molar-refractivity contribution < 1.29 is 33.6 Å². The van der Waals surface area contributed by atoms with Crippen LogP contribution in [0.1, 0.15) is 31.8 Å². The minimum Gasteiger partial charge on any atom is -0.388 e. The highest BCUT2D eigenvalue weighted by Crippen LogP contribution is 2.34. The van der Waals surface area contributed by atoms with Gasteiger partial charge in [0.1, 0.15) is 24.4 Å². The highest BCUT2D eigenvalue weighted by atomic mass is 79.9. The second-order valence-corrected chi connectivity index (χ2v) is 10.2. The Bertz CT molecular complexity index is 1220. The molecule has 0 spiro atoms. The molecule has 3 aromatic rings. The van der Waals surface area contributed by atoms with Crippen LogP contribution >= 0.6 is 15.9 Å². The van der Waals surface area contributed by atoms with E-state index in [1.807, 2.05) is 60.7 Å². The van der Waals surface area contributed by atoms with Gasteiger partial charge in [-0.3, -0.25) is 14.5 Å². The van der Waals surface area contributed by atoms with Crippen molar-refractivity contribution in [3.8, 4) is 0 Å². The maximum Gasteiger partial charge on any atom is 0.262 e. The van der Waals surface area contributed by atoms with Crippen molar-refractivity contribution >= 4 is 27.7 Å². The van der Waals surface area contributed by atoms with Gasteiger partial charge in [0.15, 0.2) is 6.29 Å². The lowest BCUT2D eigenvalue weighted by Crippen LogP contribution is -2.66. The normalized spacial score (nSPS) is 24.7. The van der Waals surface area contributed by atoms with Crippen LogP contribution in [0.4, 0.5) is 0 Å². The molecular weight excluding hydrogens is 566 g/mol. The summed E-state index contributed by atoms with van der Waals surface area (Å²) in [6, 6.07) is 24.8. The van der Waals surface area contributed by atoms with Gasteiger partial charge in [-0.15, -0.1) is 0 Å². The van der Waals surface area contributed by atoms with Crippen molar-refractivity contribution in [2.75, 3.05) is 18.5 Å². The number of amides is 2. The summed E-state index contributed by atoms with van der Waals surface area (Å²) in [6.07, 6.45) is -4.06. The summed E-state index contributed by atoms with van der Waals surface area (Å²) >= 11 is 3.36. The molecule has 0 saturated carbocycles. The Kier molecular flexibility index (Phi) is 9.18. The summed E-state index contributed by atoms with van der Waals surface area (Å²) in [7, 11) is 0. The molecule has 0 aromatic heterocycles. The molecule has 1 saturated heterocycles. The standard InChI is InChI=1S/C30H30BrNO7/c31-15-16-37-30-25(32-28(34)22-13-7-8-14-23(22)29(32)35)27(38-18-21-11-5-2-6-12-21)26(33)24(39-30)19-36-17-20-9-3-1-4-10-20/h1-14,24-27,30,33H,15-19H2/t24-,25-,26-,27-,30-/m1/s1. The Balaban J connectivity index is 1.42. The maximum absolute atomic E-state index is 13.5. The molecular formula is C30H30BrNO7. The SMILES string of the molecule is O=C1c2ccccc2C(=O)N1[C@H]1[C@H](OCCBr)O[C@H](COCc2ccccc2)[C@@H](O)[C@@H]1OCc1ccccc1. The Labute approximate surface area is 235 Å². The van der Waals surface area contributed by atoms with Crippen LogP contribution in [0.3, 0.4) is 0 Å². The summed E-state index contributed by atoms with van der Waals surface area (Å²) in [4.78, 5) is 28.1. The number of ether oxygens (including phenoxy) is 4. The van der Waals surface area contributed by atoms with Crippen molar-refractivity contribution in [1.29, 1.82) is 0 Å². The first-order valence-corrected chi connectivity index (χ1v) is 14.0. The number of rotatable bonds is 11. The van der Waals surface area contributed by atoms with Crippen LogP contribution in [0, 0.1) is 0 Å². The number of carbonyl (C=O) groups excluding carboxylic acids is 2. The number of carbonyl (C=O) groups is 2. The van der Waals surface area contributed by atoms with Crippen LogP contribution in [-0.4, -0.2) is 71.0 Å². The monoisotopic (exact) mass is 595 g/mol. The van der Waals surface area contributed by atoms with Crippen molar-refractivity contribution in [2.45, 2.75) is 43.9 Å². The molecule has 0 bridgehead atoms. The Morgan fingerprint density at radius 1 is 0.795 bits per heavy atom. The zero-order chi connectivity index (χ0) is 27.2. The summed E-state index contributed by atoms with van der Waals surface area (Å²) in [6.45, 7) is 0.802. The number of benzene rings is 3. The smallest absolute Gasteiger partial charge is 0.262 e. The number of alkyl halides is 1. The van der Waals surface area contributed by atoms with Crippen LogP contribution in [0.15, 0.2) is 84.9 Å². The predicted octanol–water partition coefficient (Wildman–Crippen LogP) is 3.95. The molecule has 9 heteroatoms. The van der Waals surface area contributed by atoms with E-state index in [1.54, 1.807) is 24.3 Å². The second kappa shape index (κ2) is 13.0. The highest BCUT2D eigenvalue weighted by molar-refractivity contribution is 9.09. The van der Waals surface area contributed by atoms with Gasteiger partial charge in [0.25, 0.3) is 11.8 Å². The summed E-state index contributed by atoms with van der Waals surface area (Å²) in [5.74, 6) is -0.952. The van der Waals surface area contributed by atoms with Gasteiger partial charge in [-0.1, -0.05) is 88.7 Å². The van der Waals surface area contributed by atoms with E-state index in [4.69, 9.17) is 18.9 Å². The molecule has 0 unspecified atom stereocenters. The fraction of sp³-hybridized carbons (Fsp3) is 0.333. The first-order chi connectivity index (χ1) is 19.1. The van der Waals surface area contributed by atoms with Gasteiger partial charge in [0, 0.05) is 5.33 Å². The molecule has 204 valence electrons. The van der Waals surface area contributed by atoms with Crippen molar-refractivity contribution in [1.82, 2.24) is 4.90 Å². The minimum absolute atomic E-state index is 0.0598. The van der Waals surface area contributed by atoms with Gasteiger partial charge in [-0.25, -0.2) is 0 Å². The van der Waals surface area contributed by atoms with Crippen LogP contribution in [-0.2, 0) is 32.2 Å². The van der Waals surface area contributed by atoms with Crippen LogP contribution in [0.2, 0.25) is 0 Å². The average molecular weight is 596 g/mol. The molecule has 2 amide bonds. The van der Waals surface area contributed by atoms with E-state index in [-0.39, 0.29) is 19.8 Å². The molecule has 3 aromatic carbocycles. The van der Waals surface area contributed by atoms with Crippen LogP contribution in [0.5, 0.6) is 0 Å². The fourth-order valence-electron chi connectivity index (χ4n) is 4.92. The molecule has 0 aliphatic carbocycles. The van der Waals surface area contributed by atoms with E-state index < -0.39 is 42.5 Å². The molecule has 2 aliphatic rings. The van der Waals surface area contributed by atoms with Crippen molar-refractivity contribution in [3.05, 3.63) is 107 Å². The predicted molar refractivity (Wildman–Crippen MR) is 146 cm³/mol. The molecule has 5 atom stereocenters. The molecule has 0 radical (unpaired) electrons. The number of aliphatic hydroxyl groups is 1. The number of hydrogen-bond donors (Lipinski definition) is 1. The molecule has 39 heavy (non-hydrogen) atoms. The molecule has 2 heterocycles. The fourth-order valence-corrected chi connectivity index (χ4v) is 5.10. The van der Waals surface area contributed by atoms with Gasteiger partial charge in [0.2, 0.25) is 0 Å². The minimum atomic E-state index is -1.21. The Morgan fingerprint density at radius 2 is 1.36 bits per heavy atom. The van der Waals surface area contributed by atoms with E-state index in [0.29, 0.717) is 23.1 Å². The van der Waals surface area contributed by atoms with E-state index in [0.717, 1.165) is 16.0 Å². The third kappa shape index (κ3) is 6.14. The van der Waals surface area contributed by atoms with E-state index in [2.05, 4.69) is 15.9 Å². The number of fused-ring (bicyclic) bond motifs is 1. The molecule has 5 rings (SSSR count). The lowest BCUT2D eigenvalue weighted by Gasteiger charge is -2.46. The van der Waals surface area contributed by atoms with Gasteiger partial charge in [-0.05, 0) is 23.3 Å². The van der Waals surface area contributed by atoms with Crippen LogP contribution < -0.4 is 0 Å². The van der Waals surface area contributed by atoms with Crippen molar-refractivity contribution in [2.24, 2.45) is 0 Å². The summed E-state index contributed by atoms with van der Waals surface area (Å²) in [5.41, 5.74) is 2.46. The third-order valence-electron chi connectivity index (χ3n) is 6.80. The lowest BCUT2D eigenvalue weighted by atomic mass is 9.95. The quantitative estimate of drug-likeness (QED) is 0.265. The van der Waals surface area contributed by atoms with Crippen molar-refractivity contribution in [3.63, 3.8) is 0 Å². The van der Waals surface area contributed by atoms with Gasteiger partial charge >= 0.3 is 0 Å². The van der Waals surface area contributed by atoms with E-state index >= 15 is 0 Å². The topological polar surface area (TPSA) is 94.5 Å². The maximum atomic E-state index is 13.5. The third-order valence-corrected chi connectivity index (χ3v) is 7.13. The zero-order valence-electron chi connectivity index (χ0n) is 21.2. The molecule has 2 aliphatic heterocycles. The van der Waals surface area contributed by atoms with Gasteiger partial charge in [-0.2, -0.15) is 0 Å². The first kappa shape index (κ1) is 27.6. The molecule has 1 N–H and O–H groups in total. The Morgan fingerprint density at radius 3 is 1.95 bits per heavy atom. The number of nitrogens with zero attached hydrogens (tertiary/aromatic N) is 1. The van der Waals surface area contributed by atoms with Crippen LogP contribution in [0.25, 0.3) is 0 Å². The first-order valence-electron chi connectivity index (χ1n) is 12.8. The number of hydrogen-bond acceptors (Lipinski definition) is 7. The summed E-state index contributed by atoms with van der Waals surface area (Å²) < 4.78 is 24.4. The average Bonchev–Trinajstić information content (AvgIpc) is 3.22. The molecule has 1 fully saturated rings. The Hall–Kier alpha value is -2.92. The molecule has 8 nitrogen and oxygen atoms in total. The second-order valence-electron chi connectivity index (χ2n) is 9.37. The highest BCUT2D eigenvalue weighted by Gasteiger charge is 2.54.